The molecule has 1 amide bonds. The van der Waals surface area contributed by atoms with Crippen molar-refractivity contribution >= 4 is 27.9 Å². The van der Waals surface area contributed by atoms with Crippen LogP contribution in [0.3, 0.4) is 0 Å². The molecular weight excluding hydrogens is 258 g/mol. The van der Waals surface area contributed by atoms with Crippen molar-refractivity contribution in [3.63, 3.8) is 0 Å². The van der Waals surface area contributed by atoms with Gasteiger partial charge in [-0.05, 0) is 31.2 Å². The van der Waals surface area contributed by atoms with Crippen molar-refractivity contribution in [2.24, 2.45) is 5.92 Å². The van der Waals surface area contributed by atoms with Gasteiger partial charge in [0.05, 0.1) is 10.7 Å². The Hall–Kier alpha value is -1.23. The van der Waals surface area contributed by atoms with E-state index in [1.165, 1.54) is 37.0 Å². The fourth-order valence-corrected chi connectivity index (χ4v) is 3.35. The van der Waals surface area contributed by atoms with Gasteiger partial charge in [0.1, 0.15) is 4.88 Å². The quantitative estimate of drug-likeness (QED) is 0.750. The lowest BCUT2D eigenvalue weighted by atomic mass is 10.1. The molecule has 0 aromatic carbocycles. The third kappa shape index (κ3) is 3.86. The second-order valence-electron chi connectivity index (χ2n) is 5.18. The molecule has 2 rings (SSSR count). The van der Waals surface area contributed by atoms with Gasteiger partial charge in [0, 0.05) is 13.1 Å². The van der Waals surface area contributed by atoms with Crippen LogP contribution in [0.25, 0.3) is 0 Å². The predicted molar refractivity (Wildman–Crippen MR) is 81.8 cm³/mol. The van der Waals surface area contributed by atoms with E-state index in [-0.39, 0.29) is 5.91 Å². The van der Waals surface area contributed by atoms with Gasteiger partial charge in [0.25, 0.3) is 5.91 Å². The smallest absolute Gasteiger partial charge is 0.263 e. The third-order valence-electron chi connectivity index (χ3n) is 3.54. The van der Waals surface area contributed by atoms with Crippen molar-refractivity contribution in [3.05, 3.63) is 10.9 Å². The van der Waals surface area contributed by atoms with Crippen molar-refractivity contribution in [3.8, 4) is 0 Å². The minimum atomic E-state index is -0.0572. The Morgan fingerprint density at radius 2 is 2.21 bits per heavy atom. The molecule has 0 spiro atoms. The Morgan fingerprint density at radius 3 is 2.89 bits per heavy atom. The van der Waals surface area contributed by atoms with Crippen LogP contribution in [-0.2, 0) is 0 Å². The Morgan fingerprint density at radius 1 is 1.47 bits per heavy atom. The zero-order valence-corrected chi connectivity index (χ0v) is 12.3. The number of hydrogen-bond donors (Lipinski definition) is 3. The van der Waals surface area contributed by atoms with Gasteiger partial charge in [-0.15, -0.1) is 11.3 Å². The van der Waals surface area contributed by atoms with E-state index in [4.69, 9.17) is 5.73 Å². The van der Waals surface area contributed by atoms with E-state index in [0.717, 1.165) is 23.9 Å². The first kappa shape index (κ1) is 14.2. The van der Waals surface area contributed by atoms with E-state index < -0.39 is 0 Å². The lowest BCUT2D eigenvalue weighted by Crippen LogP contribution is -2.23. The lowest BCUT2D eigenvalue weighted by Gasteiger charge is -2.09. The molecular formula is C14H23N3OS. The van der Waals surface area contributed by atoms with Gasteiger partial charge in [-0.3, -0.25) is 4.79 Å². The molecule has 4 N–H and O–H groups in total. The van der Waals surface area contributed by atoms with E-state index in [1.54, 1.807) is 0 Å². The predicted octanol–water partition coefficient (Wildman–Crippen LogP) is 3.07. The number of anilines is 2. The Kier molecular flexibility index (Phi) is 5.07. The summed E-state index contributed by atoms with van der Waals surface area (Å²) < 4.78 is 0. The van der Waals surface area contributed by atoms with Gasteiger partial charge in [-0.2, -0.15) is 0 Å². The second-order valence-corrected chi connectivity index (χ2v) is 6.23. The number of carbonyl (C=O) groups is 1. The fraction of sp³-hybridized carbons (Fsp3) is 0.643. The molecule has 4 nitrogen and oxygen atoms in total. The van der Waals surface area contributed by atoms with Crippen LogP contribution in [0.15, 0.2) is 6.07 Å². The molecule has 1 aromatic heterocycles. The number of nitrogen functional groups attached to an aromatic ring is 1. The molecule has 1 heterocycles. The Bertz CT molecular complexity index is 424. The van der Waals surface area contributed by atoms with Crippen LogP contribution in [0, 0.1) is 5.92 Å². The number of rotatable bonds is 6. The summed E-state index contributed by atoms with van der Waals surface area (Å²) in [6, 6.07) is 1.88. The topological polar surface area (TPSA) is 67.2 Å². The maximum Gasteiger partial charge on any atom is 0.263 e. The number of nitrogens with two attached hydrogens (primary N) is 1. The van der Waals surface area contributed by atoms with E-state index in [9.17, 15) is 4.79 Å². The van der Waals surface area contributed by atoms with Crippen molar-refractivity contribution in [2.75, 3.05) is 24.1 Å². The van der Waals surface area contributed by atoms with Crippen LogP contribution < -0.4 is 16.4 Å². The molecule has 0 aliphatic heterocycles. The van der Waals surface area contributed by atoms with Gasteiger partial charge in [-0.25, -0.2) is 0 Å². The summed E-state index contributed by atoms with van der Waals surface area (Å²) in [6.07, 6.45) is 6.27. The van der Waals surface area contributed by atoms with Crippen molar-refractivity contribution in [2.45, 2.75) is 39.0 Å². The molecule has 0 bridgehead atoms. The van der Waals surface area contributed by atoms with Gasteiger partial charge in [0.2, 0.25) is 0 Å². The molecule has 0 atom stereocenters. The fourth-order valence-electron chi connectivity index (χ4n) is 2.45. The molecule has 1 fully saturated rings. The van der Waals surface area contributed by atoms with E-state index in [0.29, 0.717) is 17.1 Å². The zero-order valence-electron chi connectivity index (χ0n) is 11.5. The molecule has 1 saturated carbocycles. The molecule has 1 aliphatic carbocycles. The number of carbonyl (C=O) groups excluding carboxylic acids is 1. The molecule has 19 heavy (non-hydrogen) atoms. The van der Waals surface area contributed by atoms with Crippen molar-refractivity contribution < 1.29 is 4.79 Å². The van der Waals surface area contributed by atoms with Crippen LogP contribution in [0.2, 0.25) is 0 Å². The molecule has 1 aliphatic rings. The average molecular weight is 281 g/mol. The monoisotopic (exact) mass is 281 g/mol. The van der Waals surface area contributed by atoms with Crippen LogP contribution in [0.1, 0.15) is 48.7 Å². The Balaban J connectivity index is 1.89. The number of thiophene rings is 1. The molecule has 1 aromatic rings. The molecule has 0 unspecified atom stereocenters. The maximum atomic E-state index is 11.9. The normalized spacial score (nSPS) is 15.6. The molecule has 0 saturated heterocycles. The molecule has 0 radical (unpaired) electrons. The van der Waals surface area contributed by atoms with Gasteiger partial charge < -0.3 is 16.4 Å². The maximum absolute atomic E-state index is 11.9. The first-order chi connectivity index (χ1) is 9.20. The minimum absolute atomic E-state index is 0.0572. The summed E-state index contributed by atoms with van der Waals surface area (Å²) >= 11 is 1.45. The van der Waals surface area contributed by atoms with Crippen molar-refractivity contribution in [1.82, 2.24) is 5.32 Å². The highest BCUT2D eigenvalue weighted by Gasteiger charge is 2.17. The van der Waals surface area contributed by atoms with Gasteiger partial charge in [0.15, 0.2) is 0 Å². The van der Waals surface area contributed by atoms with Crippen LogP contribution in [0.5, 0.6) is 0 Å². The highest BCUT2D eigenvalue weighted by atomic mass is 32.1. The summed E-state index contributed by atoms with van der Waals surface area (Å²) in [5.74, 6) is 0.721. The summed E-state index contributed by atoms with van der Waals surface area (Å²) in [7, 11) is 0. The average Bonchev–Trinajstić information content (AvgIpc) is 3.02. The standard InChI is InChI=1S/C14H23N3OS/c1-2-7-16-14(18)13-11(15)8-12(19-13)17-9-10-5-3-4-6-10/h8,10,17H,2-7,9,15H2,1H3,(H,16,18). The second kappa shape index (κ2) is 6.80. The SMILES string of the molecule is CCCNC(=O)c1sc(NCC2CCCC2)cc1N. The zero-order chi connectivity index (χ0) is 13.7. The largest absolute Gasteiger partial charge is 0.397 e. The number of amides is 1. The van der Waals surface area contributed by atoms with Crippen LogP contribution in [-0.4, -0.2) is 19.0 Å². The van der Waals surface area contributed by atoms with Crippen molar-refractivity contribution in [1.29, 1.82) is 0 Å². The lowest BCUT2D eigenvalue weighted by molar-refractivity contribution is 0.0958. The van der Waals surface area contributed by atoms with Crippen LogP contribution in [0.4, 0.5) is 10.7 Å². The van der Waals surface area contributed by atoms with E-state index >= 15 is 0 Å². The molecule has 106 valence electrons. The van der Waals surface area contributed by atoms with Crippen LogP contribution >= 0.6 is 11.3 Å². The first-order valence-corrected chi connectivity index (χ1v) is 7.93. The summed E-state index contributed by atoms with van der Waals surface area (Å²) in [6.45, 7) is 3.73. The number of hydrogen-bond acceptors (Lipinski definition) is 4. The van der Waals surface area contributed by atoms with Gasteiger partial charge >= 0.3 is 0 Å². The van der Waals surface area contributed by atoms with E-state index in [1.807, 2.05) is 13.0 Å². The summed E-state index contributed by atoms with van der Waals surface area (Å²) in [4.78, 5) is 12.5. The summed E-state index contributed by atoms with van der Waals surface area (Å²) in [5.41, 5.74) is 6.48. The Labute approximate surface area is 118 Å². The highest BCUT2D eigenvalue weighted by molar-refractivity contribution is 7.18. The first-order valence-electron chi connectivity index (χ1n) is 7.12. The molecule has 5 heteroatoms. The van der Waals surface area contributed by atoms with E-state index in [2.05, 4.69) is 10.6 Å². The van der Waals surface area contributed by atoms with Gasteiger partial charge in [-0.1, -0.05) is 19.8 Å². The summed E-state index contributed by atoms with van der Waals surface area (Å²) in [5, 5.41) is 7.29. The highest BCUT2D eigenvalue weighted by Crippen LogP contribution is 2.31. The third-order valence-corrected chi connectivity index (χ3v) is 4.65. The minimum Gasteiger partial charge on any atom is -0.397 e. The number of nitrogens with one attached hydrogen (secondary N) is 2.